The van der Waals surface area contributed by atoms with Crippen LogP contribution in [0.25, 0.3) is 28.1 Å². The number of imidazole rings is 1. The molecule has 0 aliphatic heterocycles. The second kappa shape index (κ2) is 18.0. The summed E-state index contributed by atoms with van der Waals surface area (Å²) in [5, 5.41) is 0. The average molecular weight is 537 g/mol. The minimum absolute atomic E-state index is 0.139. The van der Waals surface area contributed by atoms with Crippen molar-refractivity contribution in [1.82, 2.24) is 15.0 Å². The molecule has 0 aliphatic rings. The molecule has 2 heterocycles. The Labute approximate surface area is 233 Å². The van der Waals surface area contributed by atoms with Gasteiger partial charge in [0.15, 0.2) is 0 Å². The molecular formula is C32H45FN4O2. The van der Waals surface area contributed by atoms with Gasteiger partial charge in [-0.1, -0.05) is 58.6 Å². The molecule has 0 saturated carbocycles. The predicted molar refractivity (Wildman–Crippen MR) is 162 cm³/mol. The van der Waals surface area contributed by atoms with Crippen molar-refractivity contribution in [3.05, 3.63) is 91.3 Å². The highest BCUT2D eigenvalue weighted by atomic mass is 19.1. The van der Waals surface area contributed by atoms with Gasteiger partial charge >= 0.3 is 0 Å². The van der Waals surface area contributed by atoms with E-state index in [4.69, 9.17) is 20.2 Å². The highest BCUT2D eigenvalue weighted by Crippen LogP contribution is 2.32. The summed E-state index contributed by atoms with van der Waals surface area (Å²) in [7, 11) is 1.66. The first-order valence-corrected chi connectivity index (χ1v) is 13.3. The number of nitrogens with zero attached hydrogens (tertiary/aromatic N) is 2. The largest absolute Gasteiger partial charge is 0.378 e. The third-order valence-corrected chi connectivity index (χ3v) is 5.37. The van der Waals surface area contributed by atoms with Gasteiger partial charge in [0, 0.05) is 49.4 Å². The summed E-state index contributed by atoms with van der Waals surface area (Å²) in [5.74, 6) is 0.908. The maximum Gasteiger partial charge on any atom is 0.138 e. The molecule has 3 N–H and O–H groups in total. The first-order valence-electron chi connectivity index (χ1n) is 13.3. The van der Waals surface area contributed by atoms with Gasteiger partial charge < -0.3 is 20.2 Å². The second-order valence-corrected chi connectivity index (χ2v) is 9.41. The Bertz CT molecular complexity index is 1140. The molecule has 0 radical (unpaired) electrons. The Kier molecular flexibility index (Phi) is 15.5. The van der Waals surface area contributed by atoms with Gasteiger partial charge in [0.1, 0.15) is 11.6 Å². The second-order valence-electron chi connectivity index (χ2n) is 9.41. The number of methoxy groups -OCH3 is 1. The average Bonchev–Trinajstić information content (AvgIpc) is 3.40. The number of hydrogen-bond acceptors (Lipinski definition) is 5. The van der Waals surface area contributed by atoms with Crippen molar-refractivity contribution in [3.8, 4) is 22.5 Å². The molecule has 0 bridgehead atoms. The molecule has 212 valence electrons. The van der Waals surface area contributed by atoms with Crippen LogP contribution in [0.15, 0.2) is 79.7 Å². The van der Waals surface area contributed by atoms with Crippen LogP contribution in [0.4, 0.5) is 4.39 Å². The minimum atomic E-state index is -0.281. The molecule has 0 fully saturated rings. The van der Waals surface area contributed by atoms with Crippen molar-refractivity contribution >= 4 is 5.57 Å². The normalized spacial score (nSPS) is 11.6. The molecule has 0 saturated heterocycles. The fourth-order valence-electron chi connectivity index (χ4n) is 3.02. The molecule has 0 unspecified atom stereocenters. The van der Waals surface area contributed by atoms with Crippen molar-refractivity contribution in [2.75, 3.05) is 26.9 Å². The van der Waals surface area contributed by atoms with Crippen LogP contribution >= 0.6 is 0 Å². The van der Waals surface area contributed by atoms with Crippen molar-refractivity contribution in [2.24, 2.45) is 11.7 Å². The van der Waals surface area contributed by atoms with Crippen LogP contribution in [0.1, 0.15) is 47.4 Å². The first-order chi connectivity index (χ1) is 18.7. The van der Waals surface area contributed by atoms with Crippen LogP contribution in [0.5, 0.6) is 0 Å². The summed E-state index contributed by atoms with van der Waals surface area (Å²) in [6, 6.07) is 10.2. The highest BCUT2D eigenvalue weighted by Gasteiger charge is 2.16. The number of benzene rings is 1. The number of halogens is 1. The first kappa shape index (κ1) is 33.6. The lowest BCUT2D eigenvalue weighted by molar-refractivity contribution is 0.0307. The molecular weight excluding hydrogens is 491 g/mol. The summed E-state index contributed by atoms with van der Waals surface area (Å²) in [6.45, 7) is 17.8. The Morgan fingerprint density at radius 2 is 1.74 bits per heavy atom. The van der Waals surface area contributed by atoms with Gasteiger partial charge in [-0.2, -0.15) is 0 Å². The molecule has 3 rings (SSSR count). The third kappa shape index (κ3) is 11.9. The minimum Gasteiger partial charge on any atom is -0.378 e. The Morgan fingerprint density at radius 1 is 1.10 bits per heavy atom. The van der Waals surface area contributed by atoms with Crippen molar-refractivity contribution in [2.45, 2.75) is 47.1 Å². The van der Waals surface area contributed by atoms with Crippen LogP contribution < -0.4 is 5.73 Å². The van der Waals surface area contributed by atoms with Gasteiger partial charge in [0.25, 0.3) is 0 Å². The molecule has 3 aromatic rings. The summed E-state index contributed by atoms with van der Waals surface area (Å²) in [6.07, 6.45) is 11.0. The number of aromatic amines is 1. The summed E-state index contributed by atoms with van der Waals surface area (Å²) >= 11 is 0. The van der Waals surface area contributed by atoms with E-state index in [-0.39, 0.29) is 11.4 Å². The number of allylic oxidation sites excluding steroid dienone is 4. The van der Waals surface area contributed by atoms with E-state index in [0.717, 1.165) is 28.1 Å². The standard InChI is InChI=1S/C25H26FN3O.C5H13NO.C2H6/c1-4-6-21(7-5-16-30-17-18(2)3)25-28-23(19-8-10-22(26)11-9-19)24(29-25)20-12-14-27-15-13-20;1-5(2,4-6)7-3;1-2/h4-15,18H,1,16-17H2,2-3H3,(H,28,29);4,6H2,1-3H3;1-2H3/b7-5-,21-6+;;. The topological polar surface area (TPSA) is 86.0 Å². The van der Waals surface area contributed by atoms with E-state index in [1.165, 1.54) is 12.1 Å². The van der Waals surface area contributed by atoms with E-state index >= 15 is 0 Å². The van der Waals surface area contributed by atoms with Gasteiger partial charge in [-0.15, -0.1) is 0 Å². The number of nitrogens with one attached hydrogen (secondary N) is 1. The Hall–Kier alpha value is -3.39. The van der Waals surface area contributed by atoms with E-state index in [1.807, 2.05) is 58.1 Å². The number of rotatable bonds is 11. The number of hydrogen-bond donors (Lipinski definition) is 2. The van der Waals surface area contributed by atoms with Gasteiger partial charge in [-0.25, -0.2) is 9.37 Å². The molecule has 7 heteroatoms. The SMILES string of the molecule is C=C/C=C(\C=C/COCC(C)C)c1nc(-c2ccc(F)cc2)c(-c2ccncc2)[nH]1.CC.COC(C)(C)CN. The fourth-order valence-corrected chi connectivity index (χ4v) is 3.02. The van der Waals surface area contributed by atoms with Crippen LogP contribution in [-0.4, -0.2) is 47.4 Å². The number of nitrogens with two attached hydrogens (primary N) is 1. The van der Waals surface area contributed by atoms with E-state index in [2.05, 4.69) is 30.4 Å². The van der Waals surface area contributed by atoms with Gasteiger partial charge in [0.05, 0.1) is 23.6 Å². The Balaban J connectivity index is 0.000000735. The molecule has 0 aliphatic carbocycles. The van der Waals surface area contributed by atoms with Crippen molar-refractivity contribution < 1.29 is 13.9 Å². The van der Waals surface area contributed by atoms with E-state index in [9.17, 15) is 4.39 Å². The number of H-pyrrole nitrogens is 1. The molecule has 0 amide bonds. The lowest BCUT2D eigenvalue weighted by Gasteiger charge is -2.19. The Morgan fingerprint density at radius 3 is 2.26 bits per heavy atom. The highest BCUT2D eigenvalue weighted by molar-refractivity contribution is 5.82. The van der Waals surface area contributed by atoms with E-state index in [0.29, 0.717) is 31.5 Å². The number of aromatic nitrogens is 3. The maximum atomic E-state index is 13.4. The molecule has 39 heavy (non-hydrogen) atoms. The van der Waals surface area contributed by atoms with Crippen molar-refractivity contribution in [3.63, 3.8) is 0 Å². The predicted octanol–water partition coefficient (Wildman–Crippen LogP) is 7.47. The molecule has 6 nitrogen and oxygen atoms in total. The monoisotopic (exact) mass is 536 g/mol. The van der Waals surface area contributed by atoms with Gasteiger partial charge in [-0.3, -0.25) is 4.98 Å². The quantitative estimate of drug-likeness (QED) is 0.196. The van der Waals surface area contributed by atoms with Crippen LogP contribution in [0.3, 0.4) is 0 Å². The summed E-state index contributed by atoms with van der Waals surface area (Å²) in [4.78, 5) is 12.3. The van der Waals surface area contributed by atoms with Gasteiger partial charge in [-0.05, 0) is 56.2 Å². The lowest BCUT2D eigenvalue weighted by atomic mass is 10.1. The number of ether oxygens (including phenoxy) is 2. The van der Waals surface area contributed by atoms with Crippen LogP contribution in [0, 0.1) is 11.7 Å². The number of pyridine rings is 1. The zero-order chi connectivity index (χ0) is 29.3. The fraction of sp³-hybridized carbons (Fsp3) is 0.375. The van der Waals surface area contributed by atoms with Crippen molar-refractivity contribution in [1.29, 1.82) is 0 Å². The molecule has 0 atom stereocenters. The maximum absolute atomic E-state index is 13.4. The molecule has 2 aromatic heterocycles. The zero-order valence-electron chi connectivity index (χ0n) is 24.5. The van der Waals surface area contributed by atoms with E-state index in [1.54, 1.807) is 37.7 Å². The summed E-state index contributed by atoms with van der Waals surface area (Å²) in [5.41, 5.74) is 9.40. The third-order valence-electron chi connectivity index (χ3n) is 5.37. The molecule has 0 spiro atoms. The smallest absolute Gasteiger partial charge is 0.138 e. The molecule has 1 aromatic carbocycles. The summed E-state index contributed by atoms with van der Waals surface area (Å²) < 4.78 is 24.0. The lowest BCUT2D eigenvalue weighted by Crippen LogP contribution is -2.32. The van der Waals surface area contributed by atoms with Crippen LogP contribution in [-0.2, 0) is 9.47 Å². The zero-order valence-corrected chi connectivity index (χ0v) is 24.5. The van der Waals surface area contributed by atoms with Crippen LogP contribution in [0.2, 0.25) is 0 Å². The van der Waals surface area contributed by atoms with Gasteiger partial charge in [0.2, 0.25) is 0 Å². The van der Waals surface area contributed by atoms with E-state index < -0.39 is 0 Å².